The number of fused-ring (bicyclic) bond motifs is 1. The fraction of sp³-hybridized carbons (Fsp3) is 0.480. The zero-order valence-corrected chi connectivity index (χ0v) is 21.8. The Morgan fingerprint density at radius 2 is 1.72 bits per heavy atom. The number of carboxylic acid groups (broad SMARTS) is 1. The van der Waals surface area contributed by atoms with Crippen LogP contribution in [0, 0.1) is 0 Å². The van der Waals surface area contributed by atoms with Gasteiger partial charge in [-0.25, -0.2) is 4.79 Å². The summed E-state index contributed by atoms with van der Waals surface area (Å²) in [6, 6.07) is 4.31. The van der Waals surface area contributed by atoms with E-state index in [-0.39, 0.29) is 25.3 Å². The molecule has 0 saturated carbocycles. The van der Waals surface area contributed by atoms with Gasteiger partial charge in [0.2, 0.25) is 17.7 Å². The van der Waals surface area contributed by atoms with Crippen LogP contribution in [-0.4, -0.2) is 77.5 Å². The third kappa shape index (κ3) is 10.6. The average Bonchev–Trinajstić information content (AvgIpc) is 3.31. The second-order valence-corrected chi connectivity index (χ2v) is 9.14. The molecule has 13 N–H and O–H groups in total. The van der Waals surface area contributed by atoms with Gasteiger partial charge in [0.25, 0.3) is 0 Å². The van der Waals surface area contributed by atoms with E-state index in [2.05, 4.69) is 25.9 Å². The van der Waals surface area contributed by atoms with Gasteiger partial charge in [0.05, 0.1) is 12.6 Å². The van der Waals surface area contributed by atoms with Gasteiger partial charge in [-0.2, -0.15) is 0 Å². The quantitative estimate of drug-likeness (QED) is 0.0628. The van der Waals surface area contributed by atoms with E-state index in [1.807, 2.05) is 24.3 Å². The number of unbranched alkanes of at least 4 members (excludes halogenated alkanes) is 1. The van der Waals surface area contributed by atoms with Crippen LogP contribution in [-0.2, 0) is 25.6 Å². The molecular formula is C25H39N9O5. The summed E-state index contributed by atoms with van der Waals surface area (Å²) in [5, 5.41) is 18.0. The van der Waals surface area contributed by atoms with E-state index in [1.54, 1.807) is 6.20 Å². The molecule has 0 radical (unpaired) electrons. The van der Waals surface area contributed by atoms with Crippen molar-refractivity contribution in [2.24, 2.45) is 27.9 Å². The van der Waals surface area contributed by atoms with Crippen LogP contribution >= 0.6 is 0 Å². The highest BCUT2D eigenvalue weighted by Gasteiger charge is 2.27. The van der Waals surface area contributed by atoms with Crippen molar-refractivity contribution in [3.05, 3.63) is 36.0 Å². The molecule has 3 atom stereocenters. The number of para-hydroxylation sites is 1. The maximum Gasteiger partial charge on any atom is 0.326 e. The van der Waals surface area contributed by atoms with Crippen molar-refractivity contribution in [3.63, 3.8) is 0 Å². The number of nitrogens with one attached hydrogen (secondary N) is 4. The van der Waals surface area contributed by atoms with E-state index in [4.69, 9.17) is 22.9 Å². The number of aliphatic carboxylic acids is 1. The van der Waals surface area contributed by atoms with Crippen LogP contribution in [0.3, 0.4) is 0 Å². The maximum atomic E-state index is 13.2. The number of carbonyl (C=O) groups is 4. The number of H-pyrrole nitrogens is 1. The van der Waals surface area contributed by atoms with E-state index in [9.17, 15) is 24.3 Å². The van der Waals surface area contributed by atoms with E-state index in [1.165, 1.54) is 0 Å². The molecule has 0 aliphatic carbocycles. The lowest BCUT2D eigenvalue weighted by Gasteiger charge is -2.22. The van der Waals surface area contributed by atoms with Crippen molar-refractivity contribution in [1.82, 2.24) is 20.9 Å². The SMILES string of the molecule is NCCCCC(N)C(=O)NCC(=O)NC(Cc1c[nH]c2ccccc12)C(=O)NC(CCCN=C(N)N)C(=O)O. The minimum Gasteiger partial charge on any atom is -0.480 e. The molecule has 1 aromatic carbocycles. The molecule has 14 heteroatoms. The van der Waals surface area contributed by atoms with Crippen LogP contribution in [0.25, 0.3) is 10.9 Å². The van der Waals surface area contributed by atoms with Crippen LogP contribution < -0.4 is 38.9 Å². The smallest absolute Gasteiger partial charge is 0.326 e. The number of hydrogen-bond acceptors (Lipinski definition) is 7. The Kier molecular flexibility index (Phi) is 12.7. The molecule has 39 heavy (non-hydrogen) atoms. The fourth-order valence-electron chi connectivity index (χ4n) is 3.95. The lowest BCUT2D eigenvalue weighted by molar-refractivity contribution is -0.142. The van der Waals surface area contributed by atoms with E-state index in [0.29, 0.717) is 25.8 Å². The summed E-state index contributed by atoms with van der Waals surface area (Å²) in [5.41, 5.74) is 23.5. The lowest BCUT2D eigenvalue weighted by Crippen LogP contribution is -2.54. The largest absolute Gasteiger partial charge is 0.480 e. The van der Waals surface area contributed by atoms with Crippen molar-refractivity contribution >= 4 is 40.6 Å². The van der Waals surface area contributed by atoms with Gasteiger partial charge in [0.15, 0.2) is 5.96 Å². The molecule has 1 heterocycles. The number of rotatable bonds is 17. The zero-order valence-electron chi connectivity index (χ0n) is 21.8. The van der Waals surface area contributed by atoms with Gasteiger partial charge in [-0.05, 0) is 43.9 Å². The number of guanidine groups is 1. The van der Waals surface area contributed by atoms with Gasteiger partial charge >= 0.3 is 5.97 Å². The van der Waals surface area contributed by atoms with Crippen molar-refractivity contribution < 1.29 is 24.3 Å². The zero-order chi connectivity index (χ0) is 28.8. The first kappa shape index (κ1) is 31.1. The first-order valence-corrected chi connectivity index (χ1v) is 12.8. The number of aromatic amines is 1. The van der Waals surface area contributed by atoms with Crippen LogP contribution in [0.15, 0.2) is 35.5 Å². The molecule has 14 nitrogen and oxygen atoms in total. The highest BCUT2D eigenvalue weighted by Crippen LogP contribution is 2.19. The Labute approximate surface area is 226 Å². The molecule has 0 aliphatic heterocycles. The van der Waals surface area contributed by atoms with Gasteiger partial charge in [0.1, 0.15) is 12.1 Å². The summed E-state index contributed by atoms with van der Waals surface area (Å²) in [6.45, 7) is 0.295. The number of carbonyl (C=O) groups excluding carboxylic acids is 3. The molecule has 0 saturated heterocycles. The minimum absolute atomic E-state index is 0.0731. The highest BCUT2D eigenvalue weighted by atomic mass is 16.4. The summed E-state index contributed by atoms with van der Waals surface area (Å²) >= 11 is 0. The van der Waals surface area contributed by atoms with Gasteiger partial charge in [-0.15, -0.1) is 0 Å². The van der Waals surface area contributed by atoms with Gasteiger partial charge in [0, 0.05) is 30.1 Å². The summed E-state index contributed by atoms with van der Waals surface area (Å²) in [6.07, 6.45) is 4.03. The minimum atomic E-state index is -1.24. The number of carboxylic acids is 1. The van der Waals surface area contributed by atoms with Crippen LogP contribution in [0.5, 0.6) is 0 Å². The molecule has 1 aromatic heterocycles. The molecule has 2 rings (SSSR count). The normalized spacial score (nSPS) is 13.2. The first-order valence-electron chi connectivity index (χ1n) is 12.8. The maximum absolute atomic E-state index is 13.2. The van der Waals surface area contributed by atoms with Gasteiger partial charge in [-0.3, -0.25) is 19.4 Å². The average molecular weight is 546 g/mol. The standard InChI is InChI=1S/C25H39N9O5/c26-10-4-3-7-17(27)22(36)32-14-21(35)33-20(12-15-13-31-18-8-2-1-6-16(15)18)23(37)34-19(24(38)39)9-5-11-30-25(28)29/h1-2,6,8,13,17,19-20,31H,3-5,7,9-12,14,26-27H2,(H,32,36)(H,33,35)(H,34,37)(H,38,39)(H4,28,29,30). The van der Waals surface area contributed by atoms with Crippen molar-refractivity contribution in [2.45, 2.75) is 56.7 Å². The summed E-state index contributed by atoms with van der Waals surface area (Å²) < 4.78 is 0. The third-order valence-electron chi connectivity index (χ3n) is 6.04. The Bertz CT molecular complexity index is 1150. The predicted octanol–water partition coefficient (Wildman–Crippen LogP) is -1.61. The summed E-state index contributed by atoms with van der Waals surface area (Å²) in [7, 11) is 0. The van der Waals surface area contributed by atoms with E-state index >= 15 is 0 Å². The molecule has 2 aromatic rings. The molecule has 0 spiro atoms. The molecular weight excluding hydrogens is 506 g/mol. The van der Waals surface area contributed by atoms with E-state index in [0.717, 1.165) is 22.9 Å². The summed E-state index contributed by atoms with van der Waals surface area (Å²) in [5.74, 6) is -3.16. The fourth-order valence-corrected chi connectivity index (χ4v) is 3.95. The highest BCUT2D eigenvalue weighted by molar-refractivity contribution is 5.93. The number of hydrogen-bond donors (Lipinski definition) is 9. The predicted molar refractivity (Wildman–Crippen MR) is 147 cm³/mol. The second-order valence-electron chi connectivity index (χ2n) is 9.14. The number of nitrogens with zero attached hydrogens (tertiary/aromatic N) is 1. The van der Waals surface area contributed by atoms with Gasteiger partial charge < -0.3 is 49.0 Å². The summed E-state index contributed by atoms with van der Waals surface area (Å²) in [4.78, 5) is 56.8. The number of amides is 3. The molecule has 0 aliphatic rings. The Balaban J connectivity index is 2.09. The number of aliphatic imine (C=N–C) groups is 1. The Hall–Kier alpha value is -4.17. The van der Waals surface area contributed by atoms with Gasteiger partial charge in [-0.1, -0.05) is 24.6 Å². The van der Waals surface area contributed by atoms with Crippen molar-refractivity contribution in [2.75, 3.05) is 19.6 Å². The van der Waals surface area contributed by atoms with Crippen LogP contribution in [0.2, 0.25) is 0 Å². The molecule has 3 amide bonds. The third-order valence-corrected chi connectivity index (χ3v) is 6.04. The number of aromatic nitrogens is 1. The molecule has 3 unspecified atom stereocenters. The Morgan fingerprint density at radius 1 is 0.974 bits per heavy atom. The number of nitrogens with two attached hydrogens (primary N) is 4. The van der Waals surface area contributed by atoms with Crippen molar-refractivity contribution in [1.29, 1.82) is 0 Å². The van der Waals surface area contributed by atoms with E-state index < -0.39 is 48.4 Å². The van der Waals surface area contributed by atoms with Crippen LogP contribution in [0.1, 0.15) is 37.7 Å². The topological polar surface area (TPSA) is 257 Å². The molecule has 214 valence electrons. The molecule has 0 bridgehead atoms. The van der Waals surface area contributed by atoms with Crippen LogP contribution in [0.4, 0.5) is 0 Å². The second kappa shape index (κ2) is 15.9. The monoisotopic (exact) mass is 545 g/mol. The lowest BCUT2D eigenvalue weighted by atomic mass is 10.0. The Morgan fingerprint density at radius 3 is 2.41 bits per heavy atom. The molecule has 0 fully saturated rings. The van der Waals surface area contributed by atoms with Crippen molar-refractivity contribution in [3.8, 4) is 0 Å². The number of benzene rings is 1. The first-order chi connectivity index (χ1) is 18.6.